The highest BCUT2D eigenvalue weighted by Crippen LogP contribution is 2.44. The normalized spacial score (nSPS) is 34.2. The molecule has 3 rings (SSSR count). The fourth-order valence-electron chi connectivity index (χ4n) is 3.54. The Balaban J connectivity index is 1.58. The summed E-state index contributed by atoms with van der Waals surface area (Å²) in [6.45, 7) is 4.39. The second-order valence-electron chi connectivity index (χ2n) is 5.72. The fraction of sp³-hybridized carbons (Fsp3) is 0.714. The monoisotopic (exact) mass is 248 g/mol. The lowest BCUT2D eigenvalue weighted by molar-refractivity contribution is -0.141. The summed E-state index contributed by atoms with van der Waals surface area (Å²) in [5, 5.41) is 0. The second kappa shape index (κ2) is 4.41. The Labute approximate surface area is 108 Å². The molecule has 0 spiro atoms. The third kappa shape index (κ3) is 1.93. The highest BCUT2D eigenvalue weighted by Gasteiger charge is 2.41. The molecular weight excluding hydrogens is 228 g/mol. The summed E-state index contributed by atoms with van der Waals surface area (Å²) >= 11 is 0. The molecule has 0 aromatic carbocycles. The van der Waals surface area contributed by atoms with Gasteiger partial charge in [-0.15, -0.1) is 0 Å². The van der Waals surface area contributed by atoms with E-state index in [1.807, 2.05) is 9.80 Å². The first kappa shape index (κ1) is 11.8. The molecule has 3 aliphatic rings. The lowest BCUT2D eigenvalue weighted by Gasteiger charge is -2.36. The van der Waals surface area contributed by atoms with Crippen molar-refractivity contribution in [2.45, 2.75) is 19.8 Å². The van der Waals surface area contributed by atoms with E-state index in [0.29, 0.717) is 43.9 Å². The Kier molecular flexibility index (Phi) is 2.88. The van der Waals surface area contributed by atoms with Crippen LogP contribution in [0, 0.1) is 17.8 Å². The van der Waals surface area contributed by atoms with Gasteiger partial charge in [0.2, 0.25) is 11.8 Å². The average Bonchev–Trinajstić information content (AvgIpc) is 3.00. The van der Waals surface area contributed by atoms with Crippen LogP contribution in [0.1, 0.15) is 19.8 Å². The van der Waals surface area contributed by atoms with Gasteiger partial charge in [0.1, 0.15) is 0 Å². The number of amides is 2. The van der Waals surface area contributed by atoms with Gasteiger partial charge in [0.25, 0.3) is 0 Å². The van der Waals surface area contributed by atoms with Crippen molar-refractivity contribution in [1.82, 2.24) is 9.80 Å². The van der Waals surface area contributed by atoms with Crippen molar-refractivity contribution < 1.29 is 9.59 Å². The van der Waals surface area contributed by atoms with Gasteiger partial charge in [0, 0.05) is 39.0 Å². The molecule has 0 aromatic rings. The Morgan fingerprint density at radius 1 is 1.00 bits per heavy atom. The lowest BCUT2D eigenvalue weighted by Crippen LogP contribution is -2.51. The van der Waals surface area contributed by atoms with Crippen LogP contribution >= 0.6 is 0 Å². The molecule has 2 aliphatic carbocycles. The van der Waals surface area contributed by atoms with Crippen LogP contribution in [0.15, 0.2) is 12.2 Å². The quantitative estimate of drug-likeness (QED) is 0.647. The number of carbonyl (C=O) groups is 2. The van der Waals surface area contributed by atoms with Crippen molar-refractivity contribution in [2.24, 2.45) is 17.8 Å². The van der Waals surface area contributed by atoms with E-state index < -0.39 is 0 Å². The van der Waals surface area contributed by atoms with E-state index in [1.165, 1.54) is 6.42 Å². The SMILES string of the molecule is CC(=O)N1CCN(C(=O)C2CC3C=CC2C3)CC1. The molecule has 1 aliphatic heterocycles. The Morgan fingerprint density at radius 2 is 1.67 bits per heavy atom. The van der Waals surface area contributed by atoms with Gasteiger partial charge >= 0.3 is 0 Å². The van der Waals surface area contributed by atoms with Gasteiger partial charge in [-0.1, -0.05) is 12.2 Å². The lowest BCUT2D eigenvalue weighted by atomic mass is 9.92. The number of fused-ring (bicyclic) bond motifs is 2. The molecule has 98 valence electrons. The van der Waals surface area contributed by atoms with E-state index in [-0.39, 0.29) is 11.8 Å². The smallest absolute Gasteiger partial charge is 0.226 e. The largest absolute Gasteiger partial charge is 0.339 e. The molecule has 3 atom stereocenters. The predicted molar refractivity (Wildman–Crippen MR) is 67.7 cm³/mol. The van der Waals surface area contributed by atoms with Gasteiger partial charge < -0.3 is 9.80 Å². The van der Waals surface area contributed by atoms with E-state index >= 15 is 0 Å². The maximum Gasteiger partial charge on any atom is 0.226 e. The minimum atomic E-state index is 0.116. The molecule has 2 fully saturated rings. The minimum absolute atomic E-state index is 0.116. The van der Waals surface area contributed by atoms with Crippen LogP contribution in [0.2, 0.25) is 0 Å². The van der Waals surface area contributed by atoms with E-state index in [9.17, 15) is 9.59 Å². The van der Waals surface area contributed by atoms with Crippen LogP contribution in [0.5, 0.6) is 0 Å². The summed E-state index contributed by atoms with van der Waals surface area (Å²) in [6, 6.07) is 0. The summed E-state index contributed by atoms with van der Waals surface area (Å²) < 4.78 is 0. The number of hydrogen-bond donors (Lipinski definition) is 0. The van der Waals surface area contributed by atoms with Crippen molar-refractivity contribution in [2.75, 3.05) is 26.2 Å². The summed E-state index contributed by atoms with van der Waals surface area (Å²) in [4.78, 5) is 27.5. The molecule has 0 aromatic heterocycles. The molecule has 1 saturated heterocycles. The maximum absolute atomic E-state index is 12.5. The van der Waals surface area contributed by atoms with Gasteiger partial charge in [0.15, 0.2) is 0 Å². The third-order valence-electron chi connectivity index (χ3n) is 4.63. The molecule has 1 saturated carbocycles. The molecule has 2 amide bonds. The molecule has 4 nitrogen and oxygen atoms in total. The Hall–Kier alpha value is -1.32. The topological polar surface area (TPSA) is 40.6 Å². The zero-order valence-electron chi connectivity index (χ0n) is 10.8. The van der Waals surface area contributed by atoms with Crippen molar-refractivity contribution in [3.63, 3.8) is 0 Å². The van der Waals surface area contributed by atoms with Gasteiger partial charge in [-0.2, -0.15) is 0 Å². The number of hydrogen-bond acceptors (Lipinski definition) is 2. The molecule has 0 radical (unpaired) electrons. The van der Waals surface area contributed by atoms with Crippen molar-refractivity contribution in [3.05, 3.63) is 12.2 Å². The van der Waals surface area contributed by atoms with Crippen LogP contribution in [-0.4, -0.2) is 47.8 Å². The second-order valence-corrected chi connectivity index (χ2v) is 5.72. The van der Waals surface area contributed by atoms with E-state index in [4.69, 9.17) is 0 Å². The summed E-state index contributed by atoms with van der Waals surface area (Å²) in [7, 11) is 0. The molecule has 2 bridgehead atoms. The summed E-state index contributed by atoms with van der Waals surface area (Å²) in [5.41, 5.74) is 0. The zero-order chi connectivity index (χ0) is 12.7. The first-order valence-electron chi connectivity index (χ1n) is 6.88. The van der Waals surface area contributed by atoms with Crippen LogP contribution in [0.3, 0.4) is 0 Å². The van der Waals surface area contributed by atoms with Crippen LogP contribution < -0.4 is 0 Å². The third-order valence-corrected chi connectivity index (χ3v) is 4.63. The van der Waals surface area contributed by atoms with Gasteiger partial charge in [0.05, 0.1) is 0 Å². The van der Waals surface area contributed by atoms with Gasteiger partial charge in [-0.3, -0.25) is 9.59 Å². The molecular formula is C14H20N2O2. The summed E-state index contributed by atoms with van der Waals surface area (Å²) in [6.07, 6.45) is 6.70. The molecule has 3 unspecified atom stereocenters. The van der Waals surface area contributed by atoms with Crippen LogP contribution in [0.4, 0.5) is 0 Å². The summed E-state index contributed by atoms with van der Waals surface area (Å²) in [5.74, 6) is 1.76. The van der Waals surface area contributed by atoms with Crippen molar-refractivity contribution >= 4 is 11.8 Å². The van der Waals surface area contributed by atoms with Crippen molar-refractivity contribution in [1.29, 1.82) is 0 Å². The zero-order valence-corrected chi connectivity index (χ0v) is 10.8. The Bertz CT molecular complexity index is 397. The maximum atomic E-state index is 12.5. The van der Waals surface area contributed by atoms with Crippen molar-refractivity contribution in [3.8, 4) is 0 Å². The van der Waals surface area contributed by atoms with Crippen LogP contribution in [-0.2, 0) is 9.59 Å². The number of rotatable bonds is 1. The number of nitrogens with zero attached hydrogens (tertiary/aromatic N) is 2. The van der Waals surface area contributed by atoms with E-state index in [0.717, 1.165) is 6.42 Å². The standard InChI is InChI=1S/C14H20N2O2/c1-10(17)15-4-6-16(7-5-15)14(18)13-9-11-2-3-12(13)8-11/h2-3,11-13H,4-9H2,1H3. The molecule has 0 N–H and O–H groups in total. The fourth-order valence-corrected chi connectivity index (χ4v) is 3.54. The number of piperazine rings is 1. The predicted octanol–water partition coefficient (Wildman–Crippen LogP) is 0.889. The van der Waals surface area contributed by atoms with E-state index in [2.05, 4.69) is 12.2 Å². The van der Waals surface area contributed by atoms with Gasteiger partial charge in [-0.05, 0) is 24.7 Å². The van der Waals surface area contributed by atoms with Crippen LogP contribution in [0.25, 0.3) is 0 Å². The Morgan fingerprint density at radius 3 is 2.17 bits per heavy atom. The molecule has 18 heavy (non-hydrogen) atoms. The first-order valence-corrected chi connectivity index (χ1v) is 6.88. The van der Waals surface area contributed by atoms with E-state index in [1.54, 1.807) is 6.92 Å². The number of allylic oxidation sites excluding steroid dienone is 2. The average molecular weight is 248 g/mol. The first-order chi connectivity index (χ1) is 8.65. The highest BCUT2D eigenvalue weighted by atomic mass is 16.2. The molecule has 1 heterocycles. The number of carbonyl (C=O) groups excluding carboxylic acids is 2. The molecule has 4 heteroatoms. The van der Waals surface area contributed by atoms with Gasteiger partial charge in [-0.25, -0.2) is 0 Å². The highest BCUT2D eigenvalue weighted by molar-refractivity contribution is 5.80. The minimum Gasteiger partial charge on any atom is -0.339 e.